The van der Waals surface area contributed by atoms with Crippen LogP contribution in [0.5, 0.6) is 0 Å². The van der Waals surface area contributed by atoms with Crippen LogP contribution in [0.2, 0.25) is 10.0 Å². The molecule has 0 fully saturated rings. The van der Waals surface area contributed by atoms with Crippen molar-refractivity contribution in [1.29, 1.82) is 0 Å². The van der Waals surface area contributed by atoms with Crippen molar-refractivity contribution in [2.24, 2.45) is 0 Å². The van der Waals surface area contributed by atoms with Crippen molar-refractivity contribution in [3.05, 3.63) is 28.0 Å². The van der Waals surface area contributed by atoms with E-state index in [2.05, 4.69) is 4.98 Å². The first-order valence-electron chi connectivity index (χ1n) is 3.73. The lowest BCUT2D eigenvalue weighted by atomic mass is 10.1. The molecular weight excluding hydrogens is 251 g/mol. The number of pyridine rings is 1. The summed E-state index contributed by atoms with van der Waals surface area (Å²) in [5, 5.41) is 8.07. The maximum atomic E-state index is 12.9. The highest BCUT2D eigenvalue weighted by Crippen LogP contribution is 2.29. The Morgan fingerprint density at radius 2 is 1.87 bits per heavy atom. The predicted molar refractivity (Wildman–Crippen MR) is 50.5 cm³/mol. The number of rotatable bonds is 3. The van der Waals surface area contributed by atoms with Gasteiger partial charge in [0, 0.05) is 12.4 Å². The van der Waals surface area contributed by atoms with E-state index in [0.717, 1.165) is 12.4 Å². The van der Waals surface area contributed by atoms with Gasteiger partial charge in [-0.1, -0.05) is 23.2 Å². The molecule has 1 aromatic rings. The van der Waals surface area contributed by atoms with Gasteiger partial charge in [0.05, 0.1) is 16.5 Å². The fourth-order valence-corrected chi connectivity index (χ4v) is 1.40. The van der Waals surface area contributed by atoms with E-state index in [9.17, 15) is 13.6 Å². The van der Waals surface area contributed by atoms with E-state index in [-0.39, 0.29) is 15.6 Å². The van der Waals surface area contributed by atoms with Gasteiger partial charge in [0.2, 0.25) is 0 Å². The van der Waals surface area contributed by atoms with Gasteiger partial charge in [-0.15, -0.1) is 0 Å². The lowest BCUT2D eigenvalue weighted by Gasteiger charge is -2.12. The van der Waals surface area contributed by atoms with Gasteiger partial charge in [-0.3, -0.25) is 4.98 Å². The molecule has 0 atom stereocenters. The maximum absolute atomic E-state index is 12.9. The molecule has 1 aromatic heterocycles. The Morgan fingerprint density at radius 3 is 2.27 bits per heavy atom. The van der Waals surface area contributed by atoms with Gasteiger partial charge in [0.25, 0.3) is 0 Å². The number of carbonyl (C=O) groups is 1. The van der Waals surface area contributed by atoms with Crippen molar-refractivity contribution in [2.45, 2.75) is 12.3 Å². The van der Waals surface area contributed by atoms with Crippen molar-refractivity contribution >= 4 is 29.2 Å². The molecular formula is C8H5Cl2F2NO2. The number of nitrogens with zero attached hydrogens (tertiary/aromatic N) is 1. The van der Waals surface area contributed by atoms with Crippen molar-refractivity contribution in [2.75, 3.05) is 0 Å². The van der Waals surface area contributed by atoms with Gasteiger partial charge < -0.3 is 5.11 Å². The normalized spacial score (nSPS) is 11.5. The first-order valence-corrected chi connectivity index (χ1v) is 4.49. The molecule has 0 unspecified atom stereocenters. The summed E-state index contributed by atoms with van der Waals surface area (Å²) in [4.78, 5) is 13.8. The minimum Gasteiger partial charge on any atom is -0.477 e. The molecule has 7 heteroatoms. The Bertz CT molecular complexity index is 378. The summed E-state index contributed by atoms with van der Waals surface area (Å²) in [6.45, 7) is 0. The van der Waals surface area contributed by atoms with E-state index in [1.165, 1.54) is 0 Å². The van der Waals surface area contributed by atoms with Crippen molar-refractivity contribution in [3.8, 4) is 0 Å². The summed E-state index contributed by atoms with van der Waals surface area (Å²) < 4.78 is 25.7. The fourth-order valence-electron chi connectivity index (χ4n) is 0.905. The summed E-state index contributed by atoms with van der Waals surface area (Å²) in [6, 6.07) is 0. The molecule has 0 aliphatic carbocycles. The second-order valence-electron chi connectivity index (χ2n) is 2.77. The Labute approximate surface area is 93.6 Å². The smallest absolute Gasteiger partial charge is 0.374 e. The SMILES string of the molecule is O=C(O)C(F)(F)Cc1c(Cl)cncc1Cl. The minimum absolute atomic E-state index is 0.0802. The van der Waals surface area contributed by atoms with E-state index >= 15 is 0 Å². The highest BCUT2D eigenvalue weighted by Gasteiger charge is 2.40. The van der Waals surface area contributed by atoms with Gasteiger partial charge in [-0.2, -0.15) is 8.78 Å². The summed E-state index contributed by atoms with van der Waals surface area (Å²) in [6.07, 6.45) is 1.20. The third kappa shape index (κ3) is 2.76. The maximum Gasteiger partial charge on any atom is 0.374 e. The minimum atomic E-state index is -3.89. The molecule has 15 heavy (non-hydrogen) atoms. The van der Waals surface area contributed by atoms with Crippen LogP contribution in [0.3, 0.4) is 0 Å². The average Bonchev–Trinajstić information content (AvgIpc) is 2.11. The number of carboxylic acids is 1. The predicted octanol–water partition coefficient (Wildman–Crippen LogP) is 2.65. The molecule has 1 heterocycles. The number of aromatic nitrogens is 1. The van der Waals surface area contributed by atoms with E-state index in [1.54, 1.807) is 0 Å². The Balaban J connectivity index is 3.04. The van der Waals surface area contributed by atoms with E-state index in [4.69, 9.17) is 28.3 Å². The Morgan fingerprint density at radius 1 is 1.40 bits per heavy atom. The molecule has 0 amide bonds. The molecule has 0 aliphatic heterocycles. The number of halogens is 4. The monoisotopic (exact) mass is 255 g/mol. The zero-order valence-corrected chi connectivity index (χ0v) is 8.69. The van der Waals surface area contributed by atoms with Crippen LogP contribution in [0.1, 0.15) is 5.56 Å². The highest BCUT2D eigenvalue weighted by atomic mass is 35.5. The van der Waals surface area contributed by atoms with Crippen LogP contribution in [-0.2, 0) is 11.2 Å². The topological polar surface area (TPSA) is 50.2 Å². The molecule has 0 aliphatic rings. The van der Waals surface area contributed by atoms with Crippen LogP contribution in [0.4, 0.5) is 8.78 Å². The fraction of sp³-hybridized carbons (Fsp3) is 0.250. The van der Waals surface area contributed by atoms with Gasteiger partial charge in [-0.25, -0.2) is 4.79 Å². The number of hydrogen-bond acceptors (Lipinski definition) is 2. The first kappa shape index (κ1) is 12.1. The largest absolute Gasteiger partial charge is 0.477 e. The second kappa shape index (κ2) is 4.28. The van der Waals surface area contributed by atoms with Crippen molar-refractivity contribution in [3.63, 3.8) is 0 Å². The van der Waals surface area contributed by atoms with E-state index in [1.807, 2.05) is 0 Å². The Hall–Kier alpha value is -0.940. The van der Waals surface area contributed by atoms with Crippen LogP contribution in [0, 0.1) is 0 Å². The number of alkyl halides is 2. The Kier molecular flexibility index (Phi) is 3.46. The van der Waals surface area contributed by atoms with Gasteiger partial charge in [0.1, 0.15) is 0 Å². The molecule has 0 bridgehead atoms. The third-order valence-corrected chi connectivity index (χ3v) is 2.32. The van der Waals surface area contributed by atoms with Gasteiger partial charge >= 0.3 is 11.9 Å². The van der Waals surface area contributed by atoms with Crippen molar-refractivity contribution < 1.29 is 18.7 Å². The number of aliphatic carboxylic acids is 1. The second-order valence-corrected chi connectivity index (χ2v) is 3.58. The molecule has 1 N–H and O–H groups in total. The van der Waals surface area contributed by atoms with Crippen molar-refractivity contribution in [1.82, 2.24) is 4.98 Å². The summed E-state index contributed by atoms with van der Waals surface area (Å²) in [5.74, 6) is -6.11. The quantitative estimate of drug-likeness (QED) is 0.904. The van der Waals surface area contributed by atoms with Crippen LogP contribution in [0.25, 0.3) is 0 Å². The first-order chi connectivity index (χ1) is 6.84. The van der Waals surface area contributed by atoms with Gasteiger partial charge in [0.15, 0.2) is 0 Å². The zero-order chi connectivity index (χ0) is 11.6. The molecule has 0 spiro atoms. The van der Waals surface area contributed by atoms with E-state index in [0.29, 0.717) is 0 Å². The summed E-state index contributed by atoms with van der Waals surface area (Å²) >= 11 is 11.1. The molecule has 0 aromatic carbocycles. The lowest BCUT2D eigenvalue weighted by molar-refractivity contribution is -0.164. The molecule has 0 radical (unpaired) electrons. The number of carboxylic acid groups (broad SMARTS) is 1. The molecule has 3 nitrogen and oxygen atoms in total. The molecule has 0 saturated carbocycles. The molecule has 1 rings (SSSR count). The number of hydrogen-bond donors (Lipinski definition) is 1. The molecule has 82 valence electrons. The molecule has 0 saturated heterocycles. The zero-order valence-electron chi connectivity index (χ0n) is 7.18. The van der Waals surface area contributed by atoms with Crippen LogP contribution < -0.4 is 0 Å². The summed E-state index contributed by atoms with van der Waals surface area (Å²) in [5.41, 5.74) is -0.124. The summed E-state index contributed by atoms with van der Waals surface area (Å²) in [7, 11) is 0. The van der Waals surface area contributed by atoms with Crippen LogP contribution in [-0.4, -0.2) is 22.0 Å². The van der Waals surface area contributed by atoms with Crippen LogP contribution in [0.15, 0.2) is 12.4 Å². The van der Waals surface area contributed by atoms with Crippen LogP contribution >= 0.6 is 23.2 Å². The average molecular weight is 256 g/mol. The third-order valence-electron chi connectivity index (χ3n) is 1.66. The highest BCUT2D eigenvalue weighted by molar-refractivity contribution is 6.35. The van der Waals surface area contributed by atoms with Gasteiger partial charge in [-0.05, 0) is 5.56 Å². The van der Waals surface area contributed by atoms with E-state index < -0.39 is 18.3 Å². The standard InChI is InChI=1S/C8H5Cl2F2NO2/c9-5-2-13-3-6(10)4(5)1-8(11,12)7(14)15/h2-3H,1H2,(H,14,15). The lowest BCUT2D eigenvalue weighted by Crippen LogP contribution is -2.30.